The highest BCUT2D eigenvalue weighted by molar-refractivity contribution is 7.89. The molecule has 1 aliphatic rings. The van der Waals surface area contributed by atoms with Crippen LogP contribution in [-0.4, -0.2) is 46.2 Å². The molecule has 1 saturated heterocycles. The van der Waals surface area contributed by atoms with E-state index >= 15 is 0 Å². The Balaban J connectivity index is 2.22. The van der Waals surface area contributed by atoms with Crippen LogP contribution in [0.15, 0.2) is 41.3 Å². The van der Waals surface area contributed by atoms with Crippen molar-refractivity contribution in [3.63, 3.8) is 0 Å². The lowest BCUT2D eigenvalue weighted by molar-refractivity contribution is 0.0696. The topological polar surface area (TPSA) is 113 Å². The molecule has 0 aromatic heterocycles. The Kier molecular flexibility index (Phi) is 5.72. The summed E-state index contributed by atoms with van der Waals surface area (Å²) < 4.78 is 30.7. The van der Waals surface area contributed by atoms with Crippen LogP contribution in [0.25, 0.3) is 0 Å². The molecule has 8 nitrogen and oxygen atoms in total. The molecule has 1 atom stereocenters. The molecule has 2 aromatic rings. The third-order valence-corrected chi connectivity index (χ3v) is 5.92. The van der Waals surface area contributed by atoms with E-state index in [0.717, 1.165) is 24.6 Å². The van der Waals surface area contributed by atoms with Gasteiger partial charge in [0.05, 0.1) is 11.3 Å². The first-order valence-electron chi connectivity index (χ1n) is 9.24. The van der Waals surface area contributed by atoms with Crippen molar-refractivity contribution >= 4 is 27.4 Å². The van der Waals surface area contributed by atoms with Gasteiger partial charge < -0.3 is 19.6 Å². The third kappa shape index (κ3) is 4.46. The van der Waals surface area contributed by atoms with Crippen LogP contribution in [0.5, 0.6) is 11.5 Å². The zero-order valence-electron chi connectivity index (χ0n) is 16.6. The predicted molar refractivity (Wildman–Crippen MR) is 112 cm³/mol. The van der Waals surface area contributed by atoms with E-state index in [4.69, 9.17) is 9.88 Å². The largest absolute Gasteiger partial charge is 0.478 e. The number of carboxylic acids is 1. The number of carbonyl (C=O) groups is 1. The average Bonchev–Trinajstić information content (AvgIpc) is 3.06. The second-order valence-corrected chi connectivity index (χ2v) is 8.88. The van der Waals surface area contributed by atoms with Gasteiger partial charge >= 0.3 is 5.97 Å². The fraction of sp³-hybridized carbons (Fsp3) is 0.350. The lowest BCUT2D eigenvalue weighted by atomic mass is 10.1. The number of rotatable bonds is 6. The number of carboxylic acid groups (broad SMARTS) is 1. The van der Waals surface area contributed by atoms with Gasteiger partial charge in [-0.15, -0.1) is 0 Å². The number of primary sulfonamides is 1. The predicted octanol–water partition coefficient (Wildman–Crippen LogP) is 2.88. The van der Waals surface area contributed by atoms with E-state index in [1.807, 2.05) is 36.9 Å². The molecule has 3 N–H and O–H groups in total. The summed E-state index contributed by atoms with van der Waals surface area (Å²) in [6.07, 6.45) is 1.83. The lowest BCUT2D eigenvalue weighted by Crippen LogP contribution is -2.28. The molecule has 0 bridgehead atoms. The number of nitrogens with two attached hydrogens (primary N) is 1. The Labute approximate surface area is 170 Å². The van der Waals surface area contributed by atoms with Gasteiger partial charge in [0, 0.05) is 38.4 Å². The highest BCUT2D eigenvalue weighted by atomic mass is 32.2. The Morgan fingerprint density at radius 1 is 1.28 bits per heavy atom. The zero-order chi connectivity index (χ0) is 21.3. The number of hydrogen-bond acceptors (Lipinski definition) is 6. The lowest BCUT2D eigenvalue weighted by Gasteiger charge is -2.27. The van der Waals surface area contributed by atoms with E-state index < -0.39 is 16.0 Å². The molecule has 1 fully saturated rings. The van der Waals surface area contributed by atoms with Gasteiger partial charge in [-0.2, -0.15) is 0 Å². The SMILES string of the molecule is CC1CCCN1c1cc(C(=O)O)cc(S(N)(=O)=O)c1Oc1cccc(N(C)C)c1. The van der Waals surface area contributed by atoms with Crippen molar-refractivity contribution in [1.82, 2.24) is 0 Å². The van der Waals surface area contributed by atoms with E-state index in [1.54, 1.807) is 18.2 Å². The quantitative estimate of drug-likeness (QED) is 0.740. The van der Waals surface area contributed by atoms with Gasteiger partial charge in [-0.05, 0) is 44.0 Å². The number of benzene rings is 2. The fourth-order valence-electron chi connectivity index (χ4n) is 3.47. The molecule has 1 heterocycles. The van der Waals surface area contributed by atoms with Crippen molar-refractivity contribution in [2.45, 2.75) is 30.7 Å². The summed E-state index contributed by atoms with van der Waals surface area (Å²) in [6.45, 7) is 2.68. The van der Waals surface area contributed by atoms with E-state index in [-0.39, 0.29) is 22.3 Å². The first kappa shape index (κ1) is 20.9. The number of aromatic carboxylic acids is 1. The molecule has 9 heteroatoms. The maximum Gasteiger partial charge on any atom is 0.335 e. The van der Waals surface area contributed by atoms with Crippen molar-refractivity contribution in [2.75, 3.05) is 30.4 Å². The van der Waals surface area contributed by atoms with Gasteiger partial charge in [-0.25, -0.2) is 18.4 Å². The van der Waals surface area contributed by atoms with Gasteiger partial charge in [-0.3, -0.25) is 0 Å². The first-order chi connectivity index (χ1) is 13.6. The molecule has 0 aliphatic carbocycles. The highest BCUT2D eigenvalue weighted by Crippen LogP contribution is 2.42. The van der Waals surface area contributed by atoms with Crippen molar-refractivity contribution in [3.05, 3.63) is 42.0 Å². The standard InChI is InChI=1S/C20H25N3O5S/c1-13-6-5-9-23(13)17-10-14(20(24)25)11-18(29(21,26)27)19(17)28-16-8-4-7-15(12-16)22(2)3/h4,7-8,10-13H,5-6,9H2,1-3H3,(H,24,25)(H2,21,26,27). The molecular weight excluding hydrogens is 394 g/mol. The maximum absolute atomic E-state index is 12.3. The Morgan fingerprint density at radius 2 is 2.00 bits per heavy atom. The van der Waals surface area contributed by atoms with Crippen LogP contribution in [0.2, 0.25) is 0 Å². The molecule has 156 valence electrons. The molecule has 0 spiro atoms. The number of anilines is 2. The highest BCUT2D eigenvalue weighted by Gasteiger charge is 2.30. The van der Waals surface area contributed by atoms with Gasteiger partial charge in [0.15, 0.2) is 5.75 Å². The number of nitrogens with zero attached hydrogens (tertiary/aromatic N) is 2. The monoisotopic (exact) mass is 419 g/mol. The molecule has 29 heavy (non-hydrogen) atoms. The summed E-state index contributed by atoms with van der Waals surface area (Å²) in [6, 6.07) is 9.78. The second-order valence-electron chi connectivity index (χ2n) is 7.35. The Bertz CT molecular complexity index is 1040. The van der Waals surface area contributed by atoms with Gasteiger partial charge in [-0.1, -0.05) is 6.07 Å². The summed E-state index contributed by atoms with van der Waals surface area (Å²) in [4.78, 5) is 15.1. The smallest absolute Gasteiger partial charge is 0.335 e. The molecule has 0 saturated carbocycles. The van der Waals surface area contributed by atoms with Crippen LogP contribution >= 0.6 is 0 Å². The van der Waals surface area contributed by atoms with Crippen molar-refractivity contribution in [2.24, 2.45) is 5.14 Å². The molecule has 1 aliphatic heterocycles. The van der Waals surface area contributed by atoms with Crippen molar-refractivity contribution < 1.29 is 23.1 Å². The average molecular weight is 420 g/mol. The molecule has 1 unspecified atom stereocenters. The molecule has 0 amide bonds. The normalized spacial score (nSPS) is 16.7. The van der Waals surface area contributed by atoms with Crippen LogP contribution in [0.1, 0.15) is 30.1 Å². The van der Waals surface area contributed by atoms with Crippen LogP contribution in [-0.2, 0) is 10.0 Å². The van der Waals surface area contributed by atoms with Crippen molar-refractivity contribution in [1.29, 1.82) is 0 Å². The molecular formula is C20H25N3O5S. The summed E-state index contributed by atoms with van der Waals surface area (Å²) in [7, 11) is -0.465. The van der Waals surface area contributed by atoms with E-state index in [2.05, 4.69) is 0 Å². The minimum absolute atomic E-state index is 0.0437. The van der Waals surface area contributed by atoms with Gasteiger partial charge in [0.2, 0.25) is 10.0 Å². The van der Waals surface area contributed by atoms with Gasteiger partial charge in [0.1, 0.15) is 10.6 Å². The third-order valence-electron chi connectivity index (χ3n) is 5.01. The number of sulfonamides is 1. The van der Waals surface area contributed by atoms with E-state index in [9.17, 15) is 18.3 Å². The second kappa shape index (κ2) is 7.92. The zero-order valence-corrected chi connectivity index (χ0v) is 17.4. The minimum atomic E-state index is -4.23. The summed E-state index contributed by atoms with van der Waals surface area (Å²) >= 11 is 0. The Morgan fingerprint density at radius 3 is 2.55 bits per heavy atom. The fourth-order valence-corrected chi connectivity index (χ4v) is 4.17. The van der Waals surface area contributed by atoms with Crippen LogP contribution < -0.4 is 19.7 Å². The van der Waals surface area contributed by atoms with Crippen LogP contribution in [0, 0.1) is 0 Å². The number of hydrogen-bond donors (Lipinski definition) is 2. The maximum atomic E-state index is 12.3. The van der Waals surface area contributed by atoms with Crippen LogP contribution in [0.4, 0.5) is 11.4 Å². The molecule has 0 radical (unpaired) electrons. The van der Waals surface area contributed by atoms with Crippen molar-refractivity contribution in [3.8, 4) is 11.5 Å². The summed E-state index contributed by atoms with van der Waals surface area (Å²) in [5.74, 6) is -0.761. The summed E-state index contributed by atoms with van der Waals surface area (Å²) in [5.41, 5.74) is 1.13. The molecule has 2 aromatic carbocycles. The van der Waals surface area contributed by atoms with Crippen LogP contribution in [0.3, 0.4) is 0 Å². The molecule has 3 rings (SSSR count). The first-order valence-corrected chi connectivity index (χ1v) is 10.8. The summed E-state index contributed by atoms with van der Waals surface area (Å²) in [5, 5.41) is 14.9. The van der Waals surface area contributed by atoms with E-state index in [1.165, 1.54) is 6.07 Å². The number of ether oxygens (including phenoxy) is 1. The Hall–Kier alpha value is -2.78. The minimum Gasteiger partial charge on any atom is -0.478 e. The van der Waals surface area contributed by atoms with Gasteiger partial charge in [0.25, 0.3) is 0 Å². The van der Waals surface area contributed by atoms with E-state index in [0.29, 0.717) is 18.0 Å².